The van der Waals surface area contributed by atoms with Crippen LogP contribution in [0.1, 0.15) is 10.4 Å². The molecule has 0 saturated carbocycles. The molecule has 19 heavy (non-hydrogen) atoms. The van der Waals surface area contributed by atoms with Gasteiger partial charge in [0, 0.05) is 10.9 Å². The van der Waals surface area contributed by atoms with E-state index in [-0.39, 0.29) is 17.8 Å². The van der Waals surface area contributed by atoms with Crippen molar-refractivity contribution in [2.24, 2.45) is 0 Å². The van der Waals surface area contributed by atoms with Crippen LogP contribution in [0.3, 0.4) is 0 Å². The van der Waals surface area contributed by atoms with Crippen molar-refractivity contribution >= 4 is 28.6 Å². The molecule has 0 bridgehead atoms. The maximum Gasteiger partial charge on any atom is 0.287 e. The van der Waals surface area contributed by atoms with Crippen LogP contribution in [-0.4, -0.2) is 9.49 Å². The molecule has 0 N–H and O–H groups in total. The lowest BCUT2D eigenvalue weighted by atomic mass is 10.2. The smallest absolute Gasteiger partial charge is 0.287 e. The Labute approximate surface area is 116 Å². The van der Waals surface area contributed by atoms with Crippen molar-refractivity contribution in [3.8, 4) is 6.07 Å². The first-order valence-electron chi connectivity index (χ1n) is 5.04. The standard InChI is InChI=1S/C11H6ClN3O3S/c12-10-2-1-9(19-10)6-14-5-8(15(17)18)3-7(4-13)11(14)16/h1-3,5H,6H2. The lowest BCUT2D eigenvalue weighted by Crippen LogP contribution is -2.22. The number of halogens is 1. The summed E-state index contributed by atoms with van der Waals surface area (Å²) < 4.78 is 1.70. The highest BCUT2D eigenvalue weighted by atomic mass is 35.5. The Morgan fingerprint density at radius 2 is 2.26 bits per heavy atom. The van der Waals surface area contributed by atoms with Crippen LogP contribution < -0.4 is 5.56 Å². The van der Waals surface area contributed by atoms with E-state index in [0.29, 0.717) is 4.34 Å². The summed E-state index contributed by atoms with van der Waals surface area (Å²) in [6, 6.07) is 6.04. The molecule has 0 aromatic carbocycles. The van der Waals surface area contributed by atoms with Gasteiger partial charge in [-0.3, -0.25) is 14.9 Å². The van der Waals surface area contributed by atoms with Crippen molar-refractivity contribution in [3.63, 3.8) is 0 Å². The van der Waals surface area contributed by atoms with E-state index in [2.05, 4.69) is 0 Å². The zero-order chi connectivity index (χ0) is 14.0. The molecule has 2 aromatic rings. The number of hydrogen-bond acceptors (Lipinski definition) is 5. The molecule has 0 aliphatic rings. The minimum Gasteiger partial charge on any atom is -0.302 e. The first-order valence-corrected chi connectivity index (χ1v) is 6.24. The highest BCUT2D eigenvalue weighted by Crippen LogP contribution is 2.22. The van der Waals surface area contributed by atoms with E-state index in [4.69, 9.17) is 16.9 Å². The number of aromatic nitrogens is 1. The summed E-state index contributed by atoms with van der Waals surface area (Å²) >= 11 is 7.05. The molecule has 2 heterocycles. The van der Waals surface area contributed by atoms with Gasteiger partial charge >= 0.3 is 0 Å². The van der Waals surface area contributed by atoms with E-state index in [1.54, 1.807) is 18.2 Å². The SMILES string of the molecule is N#Cc1cc([N+](=O)[O-])cn(Cc2ccc(Cl)s2)c1=O. The Balaban J connectivity index is 2.50. The fraction of sp³-hybridized carbons (Fsp3) is 0.0909. The lowest BCUT2D eigenvalue weighted by Gasteiger charge is -2.04. The van der Waals surface area contributed by atoms with Crippen LogP contribution in [-0.2, 0) is 6.54 Å². The van der Waals surface area contributed by atoms with Crippen LogP contribution in [0.5, 0.6) is 0 Å². The minimum absolute atomic E-state index is 0.145. The van der Waals surface area contributed by atoms with Crippen LogP contribution >= 0.6 is 22.9 Å². The molecular weight excluding hydrogens is 290 g/mol. The van der Waals surface area contributed by atoms with Crippen molar-refractivity contribution in [3.05, 3.63) is 59.6 Å². The summed E-state index contributed by atoms with van der Waals surface area (Å²) in [5, 5.41) is 19.6. The monoisotopic (exact) mass is 295 g/mol. The van der Waals surface area contributed by atoms with Crippen molar-refractivity contribution in [2.45, 2.75) is 6.54 Å². The fourth-order valence-corrected chi connectivity index (χ4v) is 2.61. The van der Waals surface area contributed by atoms with Crippen LogP contribution in [0.25, 0.3) is 0 Å². The molecule has 0 amide bonds. The predicted molar refractivity (Wildman–Crippen MR) is 70.5 cm³/mol. The number of hydrogen-bond donors (Lipinski definition) is 0. The molecule has 0 unspecified atom stereocenters. The number of nitrogens with zero attached hydrogens (tertiary/aromatic N) is 3. The minimum atomic E-state index is -0.641. The number of pyridine rings is 1. The van der Waals surface area contributed by atoms with Crippen molar-refractivity contribution in [1.29, 1.82) is 5.26 Å². The molecule has 0 fully saturated rings. The van der Waals surface area contributed by atoms with E-state index < -0.39 is 10.5 Å². The molecule has 2 rings (SSSR count). The average Bonchev–Trinajstić information content (AvgIpc) is 2.77. The van der Waals surface area contributed by atoms with Gasteiger partial charge in [-0.25, -0.2) is 0 Å². The molecule has 2 aromatic heterocycles. The summed E-state index contributed by atoms with van der Waals surface area (Å²) in [7, 11) is 0. The third-order valence-corrected chi connectivity index (χ3v) is 3.57. The van der Waals surface area contributed by atoms with E-state index in [0.717, 1.165) is 21.7 Å². The lowest BCUT2D eigenvalue weighted by molar-refractivity contribution is -0.385. The highest BCUT2D eigenvalue weighted by molar-refractivity contribution is 7.16. The van der Waals surface area contributed by atoms with Gasteiger partial charge in [0.2, 0.25) is 0 Å². The summed E-state index contributed by atoms with van der Waals surface area (Å²) in [4.78, 5) is 22.8. The Morgan fingerprint density at radius 3 is 2.79 bits per heavy atom. The van der Waals surface area contributed by atoms with Gasteiger partial charge in [0.05, 0.1) is 22.0 Å². The Morgan fingerprint density at radius 1 is 1.53 bits per heavy atom. The fourth-order valence-electron chi connectivity index (χ4n) is 1.52. The zero-order valence-electron chi connectivity index (χ0n) is 9.37. The third-order valence-electron chi connectivity index (χ3n) is 2.36. The van der Waals surface area contributed by atoms with E-state index in [9.17, 15) is 14.9 Å². The second kappa shape index (κ2) is 5.22. The molecule has 0 saturated heterocycles. The molecule has 96 valence electrons. The van der Waals surface area contributed by atoms with Crippen LogP contribution in [0.15, 0.2) is 29.2 Å². The van der Waals surface area contributed by atoms with Gasteiger partial charge in [-0.1, -0.05) is 11.6 Å². The van der Waals surface area contributed by atoms with Gasteiger partial charge in [-0.05, 0) is 12.1 Å². The molecule has 0 radical (unpaired) electrons. The van der Waals surface area contributed by atoms with Crippen LogP contribution in [0.2, 0.25) is 4.34 Å². The first kappa shape index (κ1) is 13.3. The quantitative estimate of drug-likeness (QED) is 0.642. The molecule has 8 heteroatoms. The summed E-state index contributed by atoms with van der Waals surface area (Å²) in [5.41, 5.74) is -1.10. The molecule has 0 atom stereocenters. The molecule has 0 aliphatic heterocycles. The van der Waals surface area contributed by atoms with Crippen LogP contribution in [0, 0.1) is 21.4 Å². The van der Waals surface area contributed by atoms with E-state index in [1.165, 1.54) is 11.3 Å². The second-order valence-corrected chi connectivity index (χ2v) is 5.42. The van der Waals surface area contributed by atoms with Gasteiger partial charge in [-0.2, -0.15) is 5.26 Å². The van der Waals surface area contributed by atoms with E-state index in [1.807, 2.05) is 0 Å². The topological polar surface area (TPSA) is 88.9 Å². The first-order chi connectivity index (χ1) is 9.01. The van der Waals surface area contributed by atoms with Gasteiger partial charge < -0.3 is 4.57 Å². The largest absolute Gasteiger partial charge is 0.302 e. The third kappa shape index (κ3) is 2.81. The van der Waals surface area contributed by atoms with Gasteiger partial charge in [0.25, 0.3) is 11.2 Å². The van der Waals surface area contributed by atoms with Gasteiger partial charge in [-0.15, -0.1) is 11.3 Å². The van der Waals surface area contributed by atoms with Crippen molar-refractivity contribution in [1.82, 2.24) is 4.57 Å². The van der Waals surface area contributed by atoms with E-state index >= 15 is 0 Å². The molecule has 6 nitrogen and oxygen atoms in total. The number of rotatable bonds is 3. The van der Waals surface area contributed by atoms with Gasteiger partial charge in [0.15, 0.2) is 0 Å². The zero-order valence-corrected chi connectivity index (χ0v) is 10.9. The molecular formula is C11H6ClN3O3S. The number of thiophene rings is 1. The summed E-state index contributed by atoms with van der Waals surface area (Å²) in [6.45, 7) is 0.145. The molecule has 0 spiro atoms. The number of nitro groups is 1. The van der Waals surface area contributed by atoms with Gasteiger partial charge in [0.1, 0.15) is 11.6 Å². The Bertz CT molecular complexity index is 744. The Kier molecular flexibility index (Phi) is 3.64. The predicted octanol–water partition coefficient (Wildman–Crippen LogP) is 2.39. The maximum atomic E-state index is 11.9. The normalized spacial score (nSPS) is 10.1. The maximum absolute atomic E-state index is 11.9. The number of nitriles is 1. The Hall–Kier alpha value is -2.17. The second-order valence-electron chi connectivity index (χ2n) is 3.62. The summed E-state index contributed by atoms with van der Waals surface area (Å²) in [5.74, 6) is 0. The van der Waals surface area contributed by atoms with Crippen LogP contribution in [0.4, 0.5) is 5.69 Å². The highest BCUT2D eigenvalue weighted by Gasteiger charge is 2.14. The van der Waals surface area contributed by atoms with Crippen molar-refractivity contribution < 1.29 is 4.92 Å². The summed E-state index contributed by atoms with van der Waals surface area (Å²) in [6.07, 6.45) is 1.12. The van der Waals surface area contributed by atoms with Crippen molar-refractivity contribution in [2.75, 3.05) is 0 Å². The molecule has 0 aliphatic carbocycles. The average molecular weight is 296 g/mol.